The minimum Gasteiger partial charge on any atom is -0.433 e. The van der Waals surface area contributed by atoms with Crippen molar-refractivity contribution in [2.75, 3.05) is 11.6 Å². The Hall–Kier alpha value is -0.760. The molecule has 1 amide bonds. The molecule has 0 bridgehead atoms. The Morgan fingerprint density at radius 3 is 2.90 bits per heavy atom. The first kappa shape index (κ1) is 16.6. The molecule has 1 aromatic carbocycles. The number of rotatable bonds is 5. The van der Waals surface area contributed by atoms with Gasteiger partial charge in [-0.3, -0.25) is 10.1 Å². The first-order valence-corrected chi connectivity index (χ1v) is 7.90. The molecule has 1 unspecified atom stereocenters. The van der Waals surface area contributed by atoms with E-state index < -0.39 is 6.61 Å². The molecule has 1 saturated heterocycles. The first-order chi connectivity index (χ1) is 9.97. The summed E-state index contributed by atoms with van der Waals surface area (Å²) in [6, 6.07) is 2.45. The van der Waals surface area contributed by atoms with Gasteiger partial charge < -0.3 is 10.1 Å². The van der Waals surface area contributed by atoms with Crippen LogP contribution >= 0.6 is 35.0 Å². The summed E-state index contributed by atoms with van der Waals surface area (Å²) in [6.45, 7) is -3.00. The molecule has 0 saturated carbocycles. The van der Waals surface area contributed by atoms with Gasteiger partial charge in [-0.15, -0.1) is 11.8 Å². The summed E-state index contributed by atoms with van der Waals surface area (Å²) in [5, 5.41) is 5.91. The maximum atomic E-state index is 12.4. The van der Waals surface area contributed by atoms with Crippen molar-refractivity contribution in [2.45, 2.75) is 19.2 Å². The van der Waals surface area contributed by atoms with Crippen molar-refractivity contribution >= 4 is 40.9 Å². The minimum absolute atomic E-state index is 0.00398. The number of ether oxygens (including phenoxy) is 1. The Bertz CT molecular complexity index is 528. The van der Waals surface area contributed by atoms with Gasteiger partial charge in [0.25, 0.3) is 0 Å². The summed E-state index contributed by atoms with van der Waals surface area (Å²) in [7, 11) is 0. The van der Waals surface area contributed by atoms with E-state index in [-0.39, 0.29) is 34.3 Å². The number of alkyl halides is 2. The molecule has 1 aromatic rings. The molecule has 1 heterocycles. The molecular weight excluding hydrogens is 345 g/mol. The Morgan fingerprint density at radius 2 is 2.29 bits per heavy atom. The van der Waals surface area contributed by atoms with Gasteiger partial charge in [0.2, 0.25) is 5.91 Å². The molecule has 9 heteroatoms. The van der Waals surface area contributed by atoms with Crippen LogP contribution in [0.4, 0.5) is 8.78 Å². The SMILES string of the molecule is O=C(NCc1cc(Cl)cc(Cl)c1OC(F)F)C1CSCN1. The largest absolute Gasteiger partial charge is 0.433 e. The molecule has 0 spiro atoms. The zero-order chi connectivity index (χ0) is 15.4. The van der Waals surface area contributed by atoms with E-state index in [1.165, 1.54) is 12.1 Å². The standard InChI is InChI=1S/C12H12Cl2F2N2O2S/c13-7-1-6(10(8(14)2-7)20-12(15)16)3-17-11(19)9-4-21-5-18-9/h1-2,9,12,18H,3-5H2,(H,17,19). The third-order valence-electron chi connectivity index (χ3n) is 2.78. The van der Waals surface area contributed by atoms with Crippen molar-refractivity contribution in [3.63, 3.8) is 0 Å². The van der Waals surface area contributed by atoms with E-state index in [1.54, 1.807) is 11.8 Å². The number of benzene rings is 1. The number of amides is 1. The average molecular weight is 357 g/mol. The van der Waals surface area contributed by atoms with E-state index in [2.05, 4.69) is 15.4 Å². The number of carbonyl (C=O) groups is 1. The number of carbonyl (C=O) groups excluding carboxylic acids is 1. The average Bonchev–Trinajstić information content (AvgIpc) is 2.93. The molecule has 1 atom stereocenters. The lowest BCUT2D eigenvalue weighted by molar-refractivity contribution is -0.122. The number of hydrogen-bond acceptors (Lipinski definition) is 4. The second-order valence-electron chi connectivity index (χ2n) is 4.24. The van der Waals surface area contributed by atoms with E-state index in [9.17, 15) is 13.6 Å². The van der Waals surface area contributed by atoms with Gasteiger partial charge in [-0.2, -0.15) is 8.78 Å². The van der Waals surface area contributed by atoms with Crippen molar-refractivity contribution < 1.29 is 18.3 Å². The molecule has 1 fully saturated rings. The monoisotopic (exact) mass is 356 g/mol. The third-order valence-corrected chi connectivity index (χ3v) is 4.22. The highest BCUT2D eigenvalue weighted by Crippen LogP contribution is 2.33. The van der Waals surface area contributed by atoms with Crippen LogP contribution in [0, 0.1) is 0 Å². The zero-order valence-corrected chi connectivity index (χ0v) is 13.0. The van der Waals surface area contributed by atoms with Crippen molar-refractivity contribution in [3.05, 3.63) is 27.7 Å². The fourth-order valence-corrected chi connectivity index (χ4v) is 3.36. The number of halogens is 4. The number of hydrogen-bond donors (Lipinski definition) is 2. The van der Waals surface area contributed by atoms with Gasteiger partial charge in [0.15, 0.2) is 0 Å². The quantitative estimate of drug-likeness (QED) is 0.851. The van der Waals surface area contributed by atoms with Gasteiger partial charge in [0, 0.05) is 28.8 Å². The molecule has 116 valence electrons. The Kier molecular flexibility index (Phi) is 5.92. The highest BCUT2D eigenvalue weighted by molar-refractivity contribution is 7.99. The molecule has 21 heavy (non-hydrogen) atoms. The lowest BCUT2D eigenvalue weighted by Gasteiger charge is -2.15. The third kappa shape index (κ3) is 4.60. The Labute approximate surface area is 134 Å². The van der Waals surface area contributed by atoms with Crippen molar-refractivity contribution in [1.29, 1.82) is 0 Å². The molecule has 4 nitrogen and oxygen atoms in total. The van der Waals surface area contributed by atoms with Crippen LogP contribution in [0.25, 0.3) is 0 Å². The lowest BCUT2D eigenvalue weighted by Crippen LogP contribution is -2.41. The van der Waals surface area contributed by atoms with E-state index in [1.807, 2.05) is 0 Å². The summed E-state index contributed by atoms with van der Waals surface area (Å²) >= 11 is 13.3. The molecular formula is C12H12Cl2F2N2O2S. The summed E-state index contributed by atoms with van der Waals surface area (Å²) < 4.78 is 29.2. The van der Waals surface area contributed by atoms with Crippen LogP contribution in [0.3, 0.4) is 0 Å². The second-order valence-corrected chi connectivity index (χ2v) is 6.12. The number of nitrogens with one attached hydrogen (secondary N) is 2. The fraction of sp³-hybridized carbons (Fsp3) is 0.417. The van der Waals surface area contributed by atoms with Gasteiger partial charge >= 0.3 is 6.61 Å². The maximum absolute atomic E-state index is 12.4. The van der Waals surface area contributed by atoms with Gasteiger partial charge in [-0.25, -0.2) is 0 Å². The Morgan fingerprint density at radius 1 is 1.52 bits per heavy atom. The van der Waals surface area contributed by atoms with Crippen molar-refractivity contribution in [1.82, 2.24) is 10.6 Å². The molecule has 2 N–H and O–H groups in total. The summed E-state index contributed by atoms with van der Waals surface area (Å²) in [5.74, 6) is 0.993. The highest BCUT2D eigenvalue weighted by atomic mass is 35.5. The van der Waals surface area contributed by atoms with Gasteiger partial charge in [0.05, 0.1) is 11.1 Å². The summed E-state index contributed by atoms with van der Waals surface area (Å²) in [6.07, 6.45) is 0. The van der Waals surface area contributed by atoms with Crippen LogP contribution in [-0.4, -0.2) is 30.2 Å². The van der Waals surface area contributed by atoms with E-state index >= 15 is 0 Å². The van der Waals surface area contributed by atoms with Crippen LogP contribution in [0.1, 0.15) is 5.56 Å². The first-order valence-electron chi connectivity index (χ1n) is 5.99. The number of thioether (sulfide) groups is 1. The molecule has 0 aromatic heterocycles. The molecule has 0 radical (unpaired) electrons. The predicted molar refractivity (Wildman–Crippen MR) is 79.2 cm³/mol. The predicted octanol–water partition coefficient (Wildman–Crippen LogP) is 2.87. The lowest BCUT2D eigenvalue weighted by atomic mass is 10.2. The van der Waals surface area contributed by atoms with Gasteiger partial charge in [-0.1, -0.05) is 23.2 Å². The van der Waals surface area contributed by atoms with Crippen LogP contribution in [0.5, 0.6) is 5.75 Å². The van der Waals surface area contributed by atoms with Crippen LogP contribution in [0.15, 0.2) is 12.1 Å². The summed E-state index contributed by atoms with van der Waals surface area (Å²) in [4.78, 5) is 11.9. The molecule has 1 aliphatic rings. The van der Waals surface area contributed by atoms with Crippen LogP contribution in [-0.2, 0) is 11.3 Å². The van der Waals surface area contributed by atoms with Gasteiger partial charge in [0.1, 0.15) is 5.75 Å². The molecule has 0 aliphatic carbocycles. The minimum atomic E-state index is -3.01. The maximum Gasteiger partial charge on any atom is 0.387 e. The fourth-order valence-electron chi connectivity index (χ4n) is 1.84. The van der Waals surface area contributed by atoms with Crippen molar-refractivity contribution in [3.8, 4) is 5.75 Å². The van der Waals surface area contributed by atoms with E-state index in [4.69, 9.17) is 23.2 Å². The van der Waals surface area contributed by atoms with Crippen LogP contribution in [0.2, 0.25) is 10.0 Å². The van der Waals surface area contributed by atoms with E-state index in [0.29, 0.717) is 17.2 Å². The van der Waals surface area contributed by atoms with E-state index in [0.717, 1.165) is 0 Å². The summed E-state index contributed by atoms with van der Waals surface area (Å²) in [5.41, 5.74) is 0.298. The molecule has 2 rings (SSSR count). The molecule has 1 aliphatic heterocycles. The van der Waals surface area contributed by atoms with Crippen LogP contribution < -0.4 is 15.4 Å². The van der Waals surface area contributed by atoms with Gasteiger partial charge in [-0.05, 0) is 12.1 Å². The zero-order valence-electron chi connectivity index (χ0n) is 10.7. The second kappa shape index (κ2) is 7.49. The Balaban J connectivity index is 2.08. The van der Waals surface area contributed by atoms with Crippen molar-refractivity contribution in [2.24, 2.45) is 0 Å². The normalized spacial score (nSPS) is 18.0. The smallest absolute Gasteiger partial charge is 0.387 e. The highest BCUT2D eigenvalue weighted by Gasteiger charge is 2.23. The topological polar surface area (TPSA) is 50.4 Å².